The molecule has 3 aromatic carbocycles. The smallest absolute Gasteiger partial charge is 0.251 e. The summed E-state index contributed by atoms with van der Waals surface area (Å²) in [6, 6.07) is 23.5. The molecule has 168 valence electrons. The molecule has 6 heteroatoms. The largest absolute Gasteiger partial charge is 0.350 e. The molecule has 0 radical (unpaired) electrons. The van der Waals surface area contributed by atoms with E-state index in [0.29, 0.717) is 17.0 Å². The molecule has 1 amide bonds. The standard InChI is InChI=1S/C27H26N2O3S/c1-19(2)20-12-14-23(15-13-20)33(31,32)26(22-9-6-16-28-17-22)18-29-27(30)25-11-5-8-21-7-3-4-10-24(21)25/h3-17,19,26H,18H2,1-2H3,(H,29,30). The Morgan fingerprint density at radius 2 is 1.61 bits per heavy atom. The van der Waals surface area contributed by atoms with Crippen LogP contribution in [0.3, 0.4) is 0 Å². The summed E-state index contributed by atoms with van der Waals surface area (Å²) >= 11 is 0. The molecule has 33 heavy (non-hydrogen) atoms. The summed E-state index contributed by atoms with van der Waals surface area (Å²) in [5.74, 6) is -0.0121. The molecule has 1 aromatic heterocycles. The van der Waals surface area contributed by atoms with E-state index in [1.807, 2.05) is 48.5 Å². The molecule has 5 nitrogen and oxygen atoms in total. The van der Waals surface area contributed by atoms with Crippen LogP contribution in [0.5, 0.6) is 0 Å². The molecule has 4 aromatic rings. The minimum absolute atomic E-state index is 0.0674. The van der Waals surface area contributed by atoms with Gasteiger partial charge in [0, 0.05) is 24.5 Å². The summed E-state index contributed by atoms with van der Waals surface area (Å²) in [6.07, 6.45) is 3.13. The second-order valence-electron chi connectivity index (χ2n) is 8.28. The number of pyridine rings is 1. The van der Waals surface area contributed by atoms with Gasteiger partial charge in [0.05, 0.1) is 4.90 Å². The predicted octanol–water partition coefficient (Wildman–Crippen LogP) is 5.30. The third-order valence-electron chi connectivity index (χ3n) is 5.79. The van der Waals surface area contributed by atoms with Crippen LogP contribution in [0.4, 0.5) is 0 Å². The van der Waals surface area contributed by atoms with Crippen LogP contribution >= 0.6 is 0 Å². The highest BCUT2D eigenvalue weighted by molar-refractivity contribution is 7.91. The van der Waals surface area contributed by atoms with Crippen molar-refractivity contribution in [2.45, 2.75) is 29.9 Å². The molecular weight excluding hydrogens is 432 g/mol. The van der Waals surface area contributed by atoms with Crippen LogP contribution in [0, 0.1) is 0 Å². The molecule has 0 aliphatic heterocycles. The van der Waals surface area contributed by atoms with Crippen molar-refractivity contribution >= 4 is 26.5 Å². The van der Waals surface area contributed by atoms with E-state index in [4.69, 9.17) is 0 Å². The number of fused-ring (bicyclic) bond motifs is 1. The Bertz CT molecular complexity index is 1360. The van der Waals surface area contributed by atoms with Gasteiger partial charge in [-0.15, -0.1) is 0 Å². The highest BCUT2D eigenvalue weighted by Crippen LogP contribution is 2.29. The molecule has 1 heterocycles. The Morgan fingerprint density at radius 3 is 2.30 bits per heavy atom. The van der Waals surface area contributed by atoms with Crippen LogP contribution in [0.15, 0.2) is 96.2 Å². The first-order valence-corrected chi connectivity index (χ1v) is 12.4. The van der Waals surface area contributed by atoms with Crippen molar-refractivity contribution in [1.82, 2.24) is 10.3 Å². The summed E-state index contributed by atoms with van der Waals surface area (Å²) < 4.78 is 27.2. The van der Waals surface area contributed by atoms with E-state index in [9.17, 15) is 13.2 Å². The number of carbonyl (C=O) groups excluding carboxylic acids is 1. The van der Waals surface area contributed by atoms with E-state index < -0.39 is 15.1 Å². The molecule has 1 unspecified atom stereocenters. The average Bonchev–Trinajstić information content (AvgIpc) is 2.84. The quantitative estimate of drug-likeness (QED) is 0.408. The zero-order valence-corrected chi connectivity index (χ0v) is 19.4. The van der Waals surface area contributed by atoms with Crippen LogP contribution < -0.4 is 5.32 Å². The summed E-state index contributed by atoms with van der Waals surface area (Å²) in [6.45, 7) is 4.05. The summed E-state index contributed by atoms with van der Waals surface area (Å²) in [7, 11) is -3.77. The maximum atomic E-state index is 13.6. The fraction of sp³-hybridized carbons (Fsp3) is 0.185. The molecular formula is C27H26N2O3S. The molecule has 1 atom stereocenters. The van der Waals surface area contributed by atoms with Crippen LogP contribution in [-0.2, 0) is 9.84 Å². The van der Waals surface area contributed by atoms with Gasteiger partial charge in [-0.2, -0.15) is 0 Å². The molecule has 0 saturated heterocycles. The molecule has 0 fully saturated rings. The minimum atomic E-state index is -3.77. The van der Waals surface area contributed by atoms with E-state index in [0.717, 1.165) is 16.3 Å². The van der Waals surface area contributed by atoms with E-state index >= 15 is 0 Å². The normalized spacial score (nSPS) is 12.6. The fourth-order valence-corrected chi connectivity index (χ4v) is 5.53. The van der Waals surface area contributed by atoms with Gasteiger partial charge in [0.15, 0.2) is 9.84 Å². The maximum Gasteiger partial charge on any atom is 0.251 e. The third-order valence-corrected chi connectivity index (χ3v) is 7.91. The van der Waals surface area contributed by atoms with E-state index in [2.05, 4.69) is 24.1 Å². The number of sulfone groups is 1. The van der Waals surface area contributed by atoms with Gasteiger partial charge in [0.25, 0.3) is 5.91 Å². The van der Waals surface area contributed by atoms with Gasteiger partial charge >= 0.3 is 0 Å². The zero-order valence-electron chi connectivity index (χ0n) is 18.6. The first-order chi connectivity index (χ1) is 15.9. The number of hydrogen-bond donors (Lipinski definition) is 1. The number of nitrogens with one attached hydrogen (secondary N) is 1. The van der Waals surface area contributed by atoms with Crippen molar-refractivity contribution in [3.05, 3.63) is 108 Å². The lowest BCUT2D eigenvalue weighted by Crippen LogP contribution is -2.32. The number of nitrogens with zero attached hydrogens (tertiary/aromatic N) is 1. The van der Waals surface area contributed by atoms with E-state index in [1.54, 1.807) is 36.5 Å². The zero-order chi connectivity index (χ0) is 23.4. The van der Waals surface area contributed by atoms with E-state index in [-0.39, 0.29) is 17.3 Å². The first-order valence-electron chi connectivity index (χ1n) is 10.9. The summed E-state index contributed by atoms with van der Waals surface area (Å²) in [4.78, 5) is 17.4. The molecule has 0 aliphatic carbocycles. The van der Waals surface area contributed by atoms with Crippen LogP contribution in [-0.4, -0.2) is 25.9 Å². The van der Waals surface area contributed by atoms with Crippen molar-refractivity contribution in [3.8, 4) is 0 Å². The SMILES string of the molecule is CC(C)c1ccc(S(=O)(=O)C(CNC(=O)c2cccc3ccccc23)c2cccnc2)cc1. The molecule has 4 rings (SSSR count). The number of hydrogen-bond acceptors (Lipinski definition) is 4. The molecule has 0 saturated carbocycles. The lowest BCUT2D eigenvalue weighted by Gasteiger charge is -2.19. The topological polar surface area (TPSA) is 76.1 Å². The molecule has 0 bridgehead atoms. The van der Waals surface area contributed by atoms with Gasteiger partial charge in [-0.25, -0.2) is 8.42 Å². The van der Waals surface area contributed by atoms with Gasteiger partial charge in [-0.1, -0.05) is 68.4 Å². The lowest BCUT2D eigenvalue weighted by atomic mass is 10.0. The van der Waals surface area contributed by atoms with Gasteiger partial charge < -0.3 is 5.32 Å². The van der Waals surface area contributed by atoms with Gasteiger partial charge in [-0.3, -0.25) is 9.78 Å². The average molecular weight is 459 g/mol. The Hall–Kier alpha value is -3.51. The summed E-state index contributed by atoms with van der Waals surface area (Å²) in [5.41, 5.74) is 2.11. The second kappa shape index (κ2) is 9.55. The Balaban J connectivity index is 1.65. The predicted molar refractivity (Wildman–Crippen MR) is 131 cm³/mol. The molecule has 1 N–H and O–H groups in total. The van der Waals surface area contributed by atoms with Crippen LogP contribution in [0.2, 0.25) is 0 Å². The molecule has 0 aliphatic rings. The van der Waals surface area contributed by atoms with Gasteiger partial charge in [0.2, 0.25) is 0 Å². The van der Waals surface area contributed by atoms with Crippen molar-refractivity contribution in [2.24, 2.45) is 0 Å². The third kappa shape index (κ3) is 4.81. The van der Waals surface area contributed by atoms with E-state index in [1.165, 1.54) is 6.20 Å². The number of carbonyl (C=O) groups is 1. The van der Waals surface area contributed by atoms with Crippen molar-refractivity contribution in [3.63, 3.8) is 0 Å². The fourth-order valence-electron chi connectivity index (χ4n) is 3.88. The number of benzene rings is 3. The van der Waals surface area contributed by atoms with Crippen molar-refractivity contribution in [1.29, 1.82) is 0 Å². The highest BCUT2D eigenvalue weighted by Gasteiger charge is 2.30. The Morgan fingerprint density at radius 1 is 0.879 bits per heavy atom. The Labute approximate surface area is 194 Å². The number of amides is 1. The Kier molecular flexibility index (Phi) is 6.56. The van der Waals surface area contributed by atoms with Gasteiger partial charge in [0.1, 0.15) is 5.25 Å². The van der Waals surface area contributed by atoms with Crippen LogP contribution in [0.25, 0.3) is 10.8 Å². The lowest BCUT2D eigenvalue weighted by molar-refractivity contribution is 0.0955. The molecule has 0 spiro atoms. The maximum absolute atomic E-state index is 13.6. The van der Waals surface area contributed by atoms with Crippen molar-refractivity contribution < 1.29 is 13.2 Å². The number of rotatable bonds is 7. The highest BCUT2D eigenvalue weighted by atomic mass is 32.2. The monoisotopic (exact) mass is 458 g/mol. The minimum Gasteiger partial charge on any atom is -0.350 e. The van der Waals surface area contributed by atoms with Crippen molar-refractivity contribution in [2.75, 3.05) is 6.54 Å². The van der Waals surface area contributed by atoms with Crippen LogP contribution in [0.1, 0.15) is 46.5 Å². The number of aromatic nitrogens is 1. The van der Waals surface area contributed by atoms with Gasteiger partial charge in [-0.05, 0) is 52.1 Å². The second-order valence-corrected chi connectivity index (χ2v) is 10.4. The summed E-state index contributed by atoms with van der Waals surface area (Å²) in [5, 5.41) is 3.66. The first kappa shape index (κ1) is 22.7.